The molecule has 9 rings (SSSR count). The van der Waals surface area contributed by atoms with Crippen LogP contribution in [0.4, 0.5) is 14.6 Å². The Labute approximate surface area is 423 Å². The minimum atomic E-state index is -0.782. The Morgan fingerprint density at radius 2 is 1.71 bits per heavy atom. The number of aromatic nitrogens is 3. The number of piperidine rings is 2. The maximum Gasteiger partial charge on any atom is 0.255 e. The van der Waals surface area contributed by atoms with Gasteiger partial charge in [-0.25, -0.2) is 18.3 Å². The van der Waals surface area contributed by atoms with E-state index in [4.69, 9.17) is 9.72 Å². The number of nitrogens with one attached hydrogen (secondary N) is 2. The molecular formula is C54H61F2N11O6. The lowest BCUT2D eigenvalue weighted by Gasteiger charge is -2.47. The normalized spacial score (nSPS) is 17.8. The van der Waals surface area contributed by atoms with Crippen molar-refractivity contribution >= 4 is 41.2 Å². The number of nitriles is 1. The average molecular weight is 998 g/mol. The molecule has 5 aromatic rings. The lowest BCUT2D eigenvalue weighted by atomic mass is 9.85. The number of hydrogen-bond donors (Lipinski definition) is 2. The molecule has 0 aliphatic carbocycles. The second-order valence-corrected chi connectivity index (χ2v) is 19.7. The molecule has 3 fully saturated rings. The number of ether oxygens (including phenoxy) is 1. The quantitative estimate of drug-likeness (QED) is 0.121. The van der Waals surface area contributed by atoms with Crippen LogP contribution in [0.2, 0.25) is 0 Å². The fraction of sp³-hybridized carbons (Fsp3) is 0.444. The predicted octanol–water partition coefficient (Wildman–Crippen LogP) is 4.86. The van der Waals surface area contributed by atoms with Crippen molar-refractivity contribution < 1.29 is 37.5 Å². The van der Waals surface area contributed by atoms with Crippen LogP contribution in [0.3, 0.4) is 0 Å². The fourth-order valence-corrected chi connectivity index (χ4v) is 10.9. The maximum atomic E-state index is 15.0. The Morgan fingerprint density at radius 3 is 2.41 bits per heavy atom. The van der Waals surface area contributed by atoms with E-state index in [1.807, 2.05) is 42.2 Å². The molecule has 3 saturated heterocycles. The van der Waals surface area contributed by atoms with E-state index in [0.717, 1.165) is 91.8 Å². The zero-order valence-electron chi connectivity index (χ0n) is 41.3. The number of aldehydes is 1. The molecule has 19 heteroatoms. The molecule has 0 radical (unpaired) electrons. The first-order valence-electron chi connectivity index (χ1n) is 25.2. The van der Waals surface area contributed by atoms with E-state index in [2.05, 4.69) is 36.5 Å². The Balaban J connectivity index is 0.779. The smallest absolute Gasteiger partial charge is 0.255 e. The third-order valence-electron chi connectivity index (χ3n) is 15.0. The highest BCUT2D eigenvalue weighted by atomic mass is 19.1. The van der Waals surface area contributed by atoms with E-state index < -0.39 is 29.1 Å². The fourth-order valence-electron chi connectivity index (χ4n) is 10.9. The van der Waals surface area contributed by atoms with Crippen LogP contribution in [0.15, 0.2) is 73.2 Å². The Bertz CT molecular complexity index is 2900. The van der Waals surface area contributed by atoms with Gasteiger partial charge in [-0.05, 0) is 98.5 Å². The molecule has 2 aromatic carbocycles. The zero-order valence-corrected chi connectivity index (χ0v) is 41.3. The third-order valence-corrected chi connectivity index (χ3v) is 15.0. The van der Waals surface area contributed by atoms with Crippen molar-refractivity contribution in [2.24, 2.45) is 5.92 Å². The summed E-state index contributed by atoms with van der Waals surface area (Å²) in [5.74, 6) is -0.715. The van der Waals surface area contributed by atoms with Crippen molar-refractivity contribution in [1.29, 1.82) is 5.26 Å². The van der Waals surface area contributed by atoms with Gasteiger partial charge in [0, 0.05) is 108 Å². The predicted molar refractivity (Wildman–Crippen MR) is 268 cm³/mol. The molecule has 1 atom stereocenters. The van der Waals surface area contributed by atoms with E-state index >= 15 is 0 Å². The Hall–Kier alpha value is -7.30. The monoisotopic (exact) mass is 997 g/mol. The highest BCUT2D eigenvalue weighted by Gasteiger charge is 2.40. The van der Waals surface area contributed by atoms with E-state index in [9.17, 15) is 38.0 Å². The molecule has 0 bridgehead atoms. The van der Waals surface area contributed by atoms with Crippen molar-refractivity contribution in [3.05, 3.63) is 113 Å². The lowest BCUT2D eigenvalue weighted by molar-refractivity contribution is -0.132. The molecule has 4 aliphatic heterocycles. The number of amides is 4. The van der Waals surface area contributed by atoms with Crippen LogP contribution in [0.5, 0.6) is 5.75 Å². The molecule has 4 aliphatic rings. The molecule has 17 nitrogen and oxygen atoms in total. The van der Waals surface area contributed by atoms with Crippen molar-refractivity contribution in [3.63, 3.8) is 0 Å². The summed E-state index contributed by atoms with van der Waals surface area (Å²) in [4.78, 5) is 79.3. The number of benzene rings is 2. The number of fused-ring (bicyclic) bond motifs is 2. The minimum Gasteiger partial charge on any atom is -0.492 e. The molecular weight excluding hydrogens is 937 g/mol. The van der Waals surface area contributed by atoms with Crippen LogP contribution in [-0.4, -0.2) is 155 Å². The van der Waals surface area contributed by atoms with Gasteiger partial charge in [0.1, 0.15) is 35.6 Å². The first-order valence-corrected chi connectivity index (χ1v) is 25.2. The molecule has 1 unspecified atom stereocenters. The van der Waals surface area contributed by atoms with Gasteiger partial charge in [0.15, 0.2) is 0 Å². The van der Waals surface area contributed by atoms with E-state index in [-0.39, 0.29) is 49.1 Å². The van der Waals surface area contributed by atoms with Crippen LogP contribution in [0, 0.1) is 28.9 Å². The van der Waals surface area contributed by atoms with E-state index in [0.29, 0.717) is 86.8 Å². The van der Waals surface area contributed by atoms with Gasteiger partial charge < -0.3 is 39.8 Å². The van der Waals surface area contributed by atoms with Crippen molar-refractivity contribution in [2.45, 2.75) is 70.0 Å². The second-order valence-electron chi connectivity index (χ2n) is 19.7. The number of anilines is 1. The summed E-state index contributed by atoms with van der Waals surface area (Å²) in [6, 6.07) is 15.7. The topological polar surface area (TPSA) is 189 Å². The number of halogens is 2. The average Bonchev–Trinajstić information content (AvgIpc) is 3.97. The van der Waals surface area contributed by atoms with E-state index in [1.165, 1.54) is 18.1 Å². The van der Waals surface area contributed by atoms with Gasteiger partial charge in [0.05, 0.1) is 53.6 Å². The number of nitrogens with zero attached hydrogens (tertiary/aromatic N) is 9. The molecule has 0 saturated carbocycles. The SMILES string of the molecule is CCOc1cc(-c2ccc(N3CCC(CN4CCN(CC5CCN(C(=O)Cc6ccc7c(c6)CN(C(C=O)CCC(=O)NC)C7=O)CC5)CC4)(NC(=O)c4cc(F)ccc4F)CC3)nc2)c2c(C#N)cnn2c1. The van der Waals surface area contributed by atoms with Crippen LogP contribution in [0.25, 0.3) is 16.6 Å². The van der Waals surface area contributed by atoms with Gasteiger partial charge >= 0.3 is 0 Å². The first kappa shape index (κ1) is 50.6. The molecule has 2 N–H and O–H groups in total. The number of carbonyl (C=O) groups excluding carboxylic acids is 5. The summed E-state index contributed by atoms with van der Waals surface area (Å²) in [5, 5.41) is 19.9. The largest absolute Gasteiger partial charge is 0.492 e. The minimum absolute atomic E-state index is 0.0399. The Kier molecular flexibility index (Phi) is 15.4. The number of pyridine rings is 2. The summed E-state index contributed by atoms with van der Waals surface area (Å²) < 4.78 is 36.7. The highest BCUT2D eigenvalue weighted by Crippen LogP contribution is 2.34. The number of likely N-dealkylation sites (tertiary alicyclic amines) is 1. The summed E-state index contributed by atoms with van der Waals surface area (Å²) >= 11 is 0. The van der Waals surface area contributed by atoms with Gasteiger partial charge in [-0.2, -0.15) is 10.4 Å². The van der Waals surface area contributed by atoms with Crippen LogP contribution >= 0.6 is 0 Å². The van der Waals surface area contributed by atoms with Crippen LogP contribution < -0.4 is 20.3 Å². The summed E-state index contributed by atoms with van der Waals surface area (Å²) in [7, 11) is 1.53. The molecule has 382 valence electrons. The van der Waals surface area contributed by atoms with Crippen LogP contribution in [-0.2, 0) is 27.3 Å². The van der Waals surface area contributed by atoms with Gasteiger partial charge in [-0.3, -0.25) is 24.1 Å². The Morgan fingerprint density at radius 1 is 0.945 bits per heavy atom. The number of hydrogen-bond acceptors (Lipinski definition) is 12. The van der Waals surface area contributed by atoms with Gasteiger partial charge in [-0.15, -0.1) is 0 Å². The van der Waals surface area contributed by atoms with Crippen molar-refractivity contribution in [2.75, 3.05) is 84.0 Å². The molecule has 0 spiro atoms. The molecule has 73 heavy (non-hydrogen) atoms. The van der Waals surface area contributed by atoms with Gasteiger partial charge in [0.2, 0.25) is 11.8 Å². The summed E-state index contributed by atoms with van der Waals surface area (Å²) in [6.45, 7) is 9.74. The van der Waals surface area contributed by atoms with E-state index in [1.54, 1.807) is 23.0 Å². The second kappa shape index (κ2) is 22.2. The van der Waals surface area contributed by atoms with Gasteiger partial charge in [-0.1, -0.05) is 12.1 Å². The summed E-state index contributed by atoms with van der Waals surface area (Å²) in [6.07, 6.45) is 9.23. The molecule has 7 heterocycles. The highest BCUT2D eigenvalue weighted by molar-refractivity contribution is 6.00. The van der Waals surface area contributed by atoms with Crippen molar-refractivity contribution in [1.82, 2.24) is 44.8 Å². The molecule has 3 aromatic heterocycles. The lowest BCUT2D eigenvalue weighted by Crippen LogP contribution is -2.62. The standard InChI is InChI=1S/C54H61F2N11O6/c1-3-73-43-27-45(51-40(28-57)30-60-67(51)33-43)38-5-10-48(59-29-38)64-18-14-54(15-19-64,61-52(71)46-26-41(55)6-9-47(46)56)35-63-22-20-62(21-23-63)31-36-12-16-65(17-13-36)50(70)25-37-4-8-44-39(24-37)32-66(53(44)72)42(34-68)7-11-49(69)58-2/h4-6,8-10,24,26-27,29-30,33-34,36,42H,3,7,11-23,25,31-32,35H2,1-2H3,(H,58,69)(H,61,71). The maximum absolute atomic E-state index is 15.0. The number of rotatable bonds is 17. The first-order chi connectivity index (χ1) is 35.4. The third kappa shape index (κ3) is 11.3. The van der Waals surface area contributed by atoms with Crippen LogP contribution in [0.1, 0.15) is 82.9 Å². The van der Waals surface area contributed by atoms with Crippen molar-refractivity contribution in [3.8, 4) is 22.9 Å². The summed E-state index contributed by atoms with van der Waals surface area (Å²) in [5.41, 5.74) is 3.72. The number of carbonyl (C=O) groups is 5. The van der Waals surface area contributed by atoms with Gasteiger partial charge in [0.25, 0.3) is 11.8 Å². The molecule has 4 amide bonds. The zero-order chi connectivity index (χ0) is 51.2. The number of piperazine rings is 1.